The molecule has 2 rings (SSSR count). The van der Waals surface area contributed by atoms with Gasteiger partial charge in [-0.15, -0.1) is 11.3 Å². The van der Waals surface area contributed by atoms with Gasteiger partial charge in [-0.05, 0) is 49.1 Å². The normalized spacial score (nSPS) is 11.1. The van der Waals surface area contributed by atoms with Crippen LogP contribution in [0.3, 0.4) is 0 Å². The Morgan fingerprint density at radius 1 is 1.27 bits per heavy atom. The Labute approximate surface area is 94.5 Å². The van der Waals surface area contributed by atoms with Crippen molar-refractivity contribution in [2.75, 3.05) is 32.5 Å². The zero-order valence-corrected chi connectivity index (χ0v) is 9.97. The number of anilines is 1. The number of hydrogen-bond donors (Lipinski definition) is 1. The third kappa shape index (κ3) is 2.70. The molecule has 0 aliphatic heterocycles. The van der Waals surface area contributed by atoms with Gasteiger partial charge in [-0.3, -0.25) is 0 Å². The fourth-order valence-corrected chi connectivity index (χ4v) is 2.27. The van der Waals surface area contributed by atoms with Crippen molar-refractivity contribution in [3.63, 3.8) is 0 Å². The van der Waals surface area contributed by atoms with Crippen molar-refractivity contribution in [2.24, 2.45) is 0 Å². The molecule has 0 fully saturated rings. The quantitative estimate of drug-likeness (QED) is 0.852. The molecule has 0 saturated heterocycles. The number of likely N-dealkylation sites (N-methyl/N-ethyl adjacent to an activating group) is 1. The molecular formula is C12H16N2S. The molecule has 80 valence electrons. The Morgan fingerprint density at radius 3 is 2.93 bits per heavy atom. The van der Waals surface area contributed by atoms with Crippen molar-refractivity contribution in [3.05, 3.63) is 29.6 Å². The molecule has 1 heterocycles. The van der Waals surface area contributed by atoms with Gasteiger partial charge in [0.1, 0.15) is 0 Å². The first kappa shape index (κ1) is 10.5. The first-order valence-corrected chi connectivity index (χ1v) is 5.99. The lowest BCUT2D eigenvalue weighted by molar-refractivity contribution is 0.425. The standard InChI is InChI=1S/C12H16N2S/c1-14(2)7-6-13-11-3-4-12-10(9-11)5-8-15-12/h3-5,8-9,13H,6-7H2,1-2H3. The highest BCUT2D eigenvalue weighted by molar-refractivity contribution is 7.17. The van der Waals surface area contributed by atoms with Crippen molar-refractivity contribution in [1.82, 2.24) is 4.90 Å². The summed E-state index contributed by atoms with van der Waals surface area (Å²) in [6.07, 6.45) is 0. The van der Waals surface area contributed by atoms with Crippen molar-refractivity contribution in [3.8, 4) is 0 Å². The van der Waals surface area contributed by atoms with Crippen molar-refractivity contribution < 1.29 is 0 Å². The summed E-state index contributed by atoms with van der Waals surface area (Å²) in [5, 5.41) is 6.88. The van der Waals surface area contributed by atoms with Gasteiger partial charge in [0.05, 0.1) is 0 Å². The van der Waals surface area contributed by atoms with Crippen LogP contribution in [0.1, 0.15) is 0 Å². The monoisotopic (exact) mass is 220 g/mol. The molecule has 0 bridgehead atoms. The molecule has 2 nitrogen and oxygen atoms in total. The molecule has 1 aromatic carbocycles. The van der Waals surface area contributed by atoms with Gasteiger partial charge >= 0.3 is 0 Å². The molecule has 0 radical (unpaired) electrons. The summed E-state index contributed by atoms with van der Waals surface area (Å²) >= 11 is 1.79. The van der Waals surface area contributed by atoms with Crippen LogP contribution in [0.25, 0.3) is 10.1 Å². The topological polar surface area (TPSA) is 15.3 Å². The fourth-order valence-electron chi connectivity index (χ4n) is 1.50. The SMILES string of the molecule is CN(C)CCNc1ccc2sccc2c1. The summed E-state index contributed by atoms with van der Waals surface area (Å²) < 4.78 is 1.35. The summed E-state index contributed by atoms with van der Waals surface area (Å²) in [5.74, 6) is 0. The van der Waals surface area contributed by atoms with Gasteiger partial charge < -0.3 is 10.2 Å². The second kappa shape index (κ2) is 4.64. The number of benzene rings is 1. The van der Waals surface area contributed by atoms with E-state index in [0.29, 0.717) is 0 Å². The van der Waals surface area contributed by atoms with E-state index in [2.05, 4.69) is 54.0 Å². The Balaban J connectivity index is 2.02. The average Bonchev–Trinajstić information content (AvgIpc) is 2.64. The number of hydrogen-bond acceptors (Lipinski definition) is 3. The van der Waals surface area contributed by atoms with E-state index >= 15 is 0 Å². The number of nitrogens with zero attached hydrogens (tertiary/aromatic N) is 1. The molecule has 0 aliphatic rings. The van der Waals surface area contributed by atoms with Gasteiger partial charge in [-0.2, -0.15) is 0 Å². The van der Waals surface area contributed by atoms with Gasteiger partial charge in [-0.25, -0.2) is 0 Å². The van der Waals surface area contributed by atoms with Gasteiger partial charge in [0.2, 0.25) is 0 Å². The predicted molar refractivity (Wildman–Crippen MR) is 68.9 cm³/mol. The predicted octanol–water partition coefficient (Wildman–Crippen LogP) is 2.87. The zero-order valence-electron chi connectivity index (χ0n) is 9.16. The van der Waals surface area contributed by atoms with E-state index in [1.165, 1.54) is 15.8 Å². The van der Waals surface area contributed by atoms with E-state index in [1.54, 1.807) is 11.3 Å². The van der Waals surface area contributed by atoms with Gasteiger partial charge in [0, 0.05) is 23.5 Å². The molecule has 0 aliphatic carbocycles. The molecule has 1 N–H and O–H groups in total. The number of fused-ring (bicyclic) bond motifs is 1. The summed E-state index contributed by atoms with van der Waals surface area (Å²) in [7, 11) is 4.17. The van der Waals surface area contributed by atoms with Gasteiger partial charge in [-0.1, -0.05) is 0 Å². The Hall–Kier alpha value is -1.06. The third-order valence-corrected chi connectivity index (χ3v) is 3.24. The smallest absolute Gasteiger partial charge is 0.0347 e. The van der Waals surface area contributed by atoms with Crippen LogP contribution >= 0.6 is 11.3 Å². The highest BCUT2D eigenvalue weighted by atomic mass is 32.1. The van der Waals surface area contributed by atoms with Crippen LogP contribution in [0, 0.1) is 0 Å². The zero-order chi connectivity index (χ0) is 10.7. The number of nitrogens with one attached hydrogen (secondary N) is 1. The van der Waals surface area contributed by atoms with Crippen LogP contribution in [-0.4, -0.2) is 32.1 Å². The van der Waals surface area contributed by atoms with Crippen LogP contribution in [0.4, 0.5) is 5.69 Å². The maximum Gasteiger partial charge on any atom is 0.0347 e. The van der Waals surface area contributed by atoms with E-state index in [0.717, 1.165) is 13.1 Å². The first-order valence-electron chi connectivity index (χ1n) is 5.11. The Bertz CT molecular complexity index is 434. The molecule has 0 amide bonds. The molecule has 0 atom stereocenters. The van der Waals surface area contributed by atoms with E-state index < -0.39 is 0 Å². The molecule has 1 aromatic heterocycles. The Morgan fingerprint density at radius 2 is 2.13 bits per heavy atom. The highest BCUT2D eigenvalue weighted by Crippen LogP contribution is 2.23. The summed E-state index contributed by atoms with van der Waals surface area (Å²) in [5.41, 5.74) is 1.21. The van der Waals surface area contributed by atoms with Crippen LogP contribution in [0.15, 0.2) is 29.6 Å². The van der Waals surface area contributed by atoms with E-state index in [4.69, 9.17) is 0 Å². The summed E-state index contributed by atoms with van der Waals surface area (Å²) in [4.78, 5) is 2.18. The summed E-state index contributed by atoms with van der Waals surface area (Å²) in [6.45, 7) is 2.05. The van der Waals surface area contributed by atoms with Crippen molar-refractivity contribution >= 4 is 27.1 Å². The molecule has 15 heavy (non-hydrogen) atoms. The lowest BCUT2D eigenvalue weighted by atomic mass is 10.2. The maximum absolute atomic E-state index is 3.42. The average molecular weight is 220 g/mol. The molecule has 0 unspecified atom stereocenters. The van der Waals surface area contributed by atoms with E-state index in [9.17, 15) is 0 Å². The van der Waals surface area contributed by atoms with Crippen LogP contribution < -0.4 is 5.32 Å². The molecule has 0 spiro atoms. The first-order chi connectivity index (χ1) is 7.25. The molecule has 2 aromatic rings. The summed E-state index contributed by atoms with van der Waals surface area (Å²) in [6, 6.07) is 8.70. The van der Waals surface area contributed by atoms with Crippen LogP contribution in [0.2, 0.25) is 0 Å². The van der Waals surface area contributed by atoms with E-state index in [-0.39, 0.29) is 0 Å². The molecule has 3 heteroatoms. The van der Waals surface area contributed by atoms with Crippen molar-refractivity contribution in [2.45, 2.75) is 0 Å². The number of thiophene rings is 1. The minimum absolute atomic E-state index is 0.989. The highest BCUT2D eigenvalue weighted by Gasteiger charge is 1.97. The second-order valence-electron chi connectivity index (χ2n) is 3.90. The second-order valence-corrected chi connectivity index (χ2v) is 4.85. The minimum Gasteiger partial charge on any atom is -0.384 e. The largest absolute Gasteiger partial charge is 0.384 e. The lowest BCUT2D eigenvalue weighted by Gasteiger charge is -2.11. The fraction of sp³-hybridized carbons (Fsp3) is 0.333. The van der Waals surface area contributed by atoms with Crippen molar-refractivity contribution in [1.29, 1.82) is 0 Å². The minimum atomic E-state index is 0.989. The van der Waals surface area contributed by atoms with Crippen LogP contribution in [0.5, 0.6) is 0 Å². The number of rotatable bonds is 4. The molecule has 0 saturated carbocycles. The van der Waals surface area contributed by atoms with Gasteiger partial charge in [0.15, 0.2) is 0 Å². The molecular weight excluding hydrogens is 204 g/mol. The lowest BCUT2D eigenvalue weighted by Crippen LogP contribution is -2.20. The van der Waals surface area contributed by atoms with Crippen LogP contribution in [-0.2, 0) is 0 Å². The third-order valence-electron chi connectivity index (χ3n) is 2.34. The Kier molecular flexibility index (Phi) is 3.23. The maximum atomic E-state index is 3.42. The van der Waals surface area contributed by atoms with E-state index in [1.807, 2.05) is 0 Å². The van der Waals surface area contributed by atoms with Gasteiger partial charge in [0.25, 0.3) is 0 Å².